The van der Waals surface area contributed by atoms with E-state index in [4.69, 9.17) is 9.47 Å². The Balaban J connectivity index is 2.69. The van der Waals surface area contributed by atoms with Crippen LogP contribution in [0.4, 0.5) is 0 Å². The molecule has 0 saturated heterocycles. The Labute approximate surface area is 113 Å². The van der Waals surface area contributed by atoms with Gasteiger partial charge in [0.15, 0.2) is 6.61 Å². The van der Waals surface area contributed by atoms with Crippen molar-refractivity contribution in [2.45, 2.75) is 26.9 Å². The highest BCUT2D eigenvalue weighted by Gasteiger charge is 2.08. The van der Waals surface area contributed by atoms with Crippen LogP contribution in [0.1, 0.15) is 25.8 Å². The molecule has 0 aromatic heterocycles. The Bertz CT molecular complexity index is 406. The minimum Gasteiger partial charge on any atom is -0.493 e. The van der Waals surface area contributed by atoms with Crippen LogP contribution in [0.2, 0.25) is 0 Å². The van der Waals surface area contributed by atoms with E-state index in [0.717, 1.165) is 6.42 Å². The third-order valence-electron chi connectivity index (χ3n) is 2.41. The molecule has 1 aromatic rings. The highest BCUT2D eigenvalue weighted by Crippen LogP contribution is 2.25. The molecule has 1 rings (SSSR count). The van der Waals surface area contributed by atoms with Gasteiger partial charge in [0, 0.05) is 18.2 Å². The van der Waals surface area contributed by atoms with Gasteiger partial charge in [-0.2, -0.15) is 0 Å². The Morgan fingerprint density at radius 3 is 2.74 bits per heavy atom. The van der Waals surface area contributed by atoms with Gasteiger partial charge < -0.3 is 19.9 Å². The number of hydrogen-bond acceptors (Lipinski definition) is 4. The first-order chi connectivity index (χ1) is 9.21. The van der Waals surface area contributed by atoms with Crippen LogP contribution in [0.3, 0.4) is 0 Å². The quantitative estimate of drug-likeness (QED) is 0.748. The molecule has 1 amide bonds. The van der Waals surface area contributed by atoms with Crippen molar-refractivity contribution in [1.82, 2.24) is 5.32 Å². The van der Waals surface area contributed by atoms with Gasteiger partial charge in [-0.25, -0.2) is 0 Å². The molecule has 0 atom stereocenters. The molecule has 0 aliphatic carbocycles. The maximum absolute atomic E-state index is 11.3. The van der Waals surface area contributed by atoms with Crippen molar-refractivity contribution in [3.63, 3.8) is 0 Å². The van der Waals surface area contributed by atoms with Gasteiger partial charge >= 0.3 is 0 Å². The number of likely N-dealkylation sites (N-methyl/N-ethyl adjacent to an activating group) is 1. The molecular weight excluding hydrogens is 246 g/mol. The third-order valence-corrected chi connectivity index (χ3v) is 2.41. The summed E-state index contributed by atoms with van der Waals surface area (Å²) in [6.45, 7) is 4.84. The Kier molecular flexibility index (Phi) is 6.74. The number of rotatable bonds is 8. The fourth-order valence-electron chi connectivity index (χ4n) is 1.50. The van der Waals surface area contributed by atoms with Gasteiger partial charge in [-0.15, -0.1) is 0 Å². The van der Waals surface area contributed by atoms with E-state index >= 15 is 0 Å². The van der Waals surface area contributed by atoms with Crippen molar-refractivity contribution in [1.29, 1.82) is 0 Å². The molecular formula is C14H21NO4. The van der Waals surface area contributed by atoms with Crippen LogP contribution in [-0.2, 0) is 11.4 Å². The zero-order valence-corrected chi connectivity index (χ0v) is 11.4. The van der Waals surface area contributed by atoms with Crippen molar-refractivity contribution in [3.8, 4) is 11.5 Å². The topological polar surface area (TPSA) is 67.8 Å². The Morgan fingerprint density at radius 2 is 2.11 bits per heavy atom. The molecule has 1 aromatic carbocycles. The lowest BCUT2D eigenvalue weighted by Crippen LogP contribution is -2.28. The van der Waals surface area contributed by atoms with Crippen LogP contribution in [0.15, 0.2) is 18.2 Å². The summed E-state index contributed by atoms with van der Waals surface area (Å²) in [4.78, 5) is 11.3. The maximum atomic E-state index is 11.3. The summed E-state index contributed by atoms with van der Waals surface area (Å²) in [6, 6.07) is 5.21. The number of carbonyl (C=O) groups is 1. The second-order valence-corrected chi connectivity index (χ2v) is 4.02. The van der Waals surface area contributed by atoms with Crippen molar-refractivity contribution in [2.24, 2.45) is 0 Å². The molecule has 0 radical (unpaired) electrons. The van der Waals surface area contributed by atoms with E-state index in [9.17, 15) is 9.90 Å². The zero-order valence-electron chi connectivity index (χ0n) is 11.4. The first kappa shape index (κ1) is 15.3. The van der Waals surface area contributed by atoms with Crippen LogP contribution in [0.25, 0.3) is 0 Å². The van der Waals surface area contributed by atoms with E-state index in [0.29, 0.717) is 30.2 Å². The van der Waals surface area contributed by atoms with Crippen LogP contribution in [-0.4, -0.2) is 30.8 Å². The summed E-state index contributed by atoms with van der Waals surface area (Å²) in [5.41, 5.74) is 0.633. The van der Waals surface area contributed by atoms with Crippen molar-refractivity contribution >= 4 is 5.91 Å². The van der Waals surface area contributed by atoms with Gasteiger partial charge in [0.25, 0.3) is 5.91 Å². The average molecular weight is 267 g/mol. The minimum absolute atomic E-state index is 0.0714. The van der Waals surface area contributed by atoms with E-state index < -0.39 is 0 Å². The number of benzene rings is 1. The monoisotopic (exact) mass is 267 g/mol. The Morgan fingerprint density at radius 1 is 1.32 bits per heavy atom. The Hall–Kier alpha value is -1.75. The number of aliphatic hydroxyl groups excluding tert-OH is 1. The predicted octanol–water partition coefficient (Wildman–Crippen LogP) is 1.48. The molecule has 0 aliphatic rings. The number of hydrogen-bond donors (Lipinski definition) is 2. The standard InChI is InChI=1S/C14H21NO4/c1-3-7-18-12-6-5-11(9-16)13(8-12)19-10-14(17)15-4-2/h5-6,8,16H,3-4,7,9-10H2,1-2H3,(H,15,17). The first-order valence-electron chi connectivity index (χ1n) is 6.47. The SMILES string of the molecule is CCCOc1ccc(CO)c(OCC(=O)NCC)c1. The van der Waals surface area contributed by atoms with Gasteiger partial charge in [-0.05, 0) is 25.5 Å². The largest absolute Gasteiger partial charge is 0.493 e. The van der Waals surface area contributed by atoms with Crippen molar-refractivity contribution < 1.29 is 19.4 Å². The summed E-state index contributed by atoms with van der Waals surface area (Å²) in [5, 5.41) is 11.9. The molecule has 5 nitrogen and oxygen atoms in total. The molecule has 0 heterocycles. The van der Waals surface area contributed by atoms with Crippen LogP contribution in [0, 0.1) is 0 Å². The van der Waals surface area contributed by atoms with Gasteiger partial charge in [0.05, 0.1) is 13.2 Å². The molecule has 106 valence electrons. The third kappa shape index (κ3) is 5.18. The van der Waals surface area contributed by atoms with Crippen LogP contribution >= 0.6 is 0 Å². The molecule has 5 heteroatoms. The number of nitrogens with one attached hydrogen (secondary N) is 1. The molecule has 0 bridgehead atoms. The second-order valence-electron chi connectivity index (χ2n) is 4.02. The highest BCUT2D eigenvalue weighted by atomic mass is 16.5. The number of carbonyl (C=O) groups excluding carboxylic acids is 1. The fourth-order valence-corrected chi connectivity index (χ4v) is 1.50. The first-order valence-corrected chi connectivity index (χ1v) is 6.47. The van der Waals surface area contributed by atoms with Crippen LogP contribution in [0.5, 0.6) is 11.5 Å². The molecule has 0 spiro atoms. The average Bonchev–Trinajstić information content (AvgIpc) is 2.43. The number of amides is 1. The summed E-state index contributed by atoms with van der Waals surface area (Å²) in [6.07, 6.45) is 0.914. The molecule has 0 unspecified atom stereocenters. The smallest absolute Gasteiger partial charge is 0.257 e. The lowest BCUT2D eigenvalue weighted by atomic mass is 10.2. The highest BCUT2D eigenvalue weighted by molar-refractivity contribution is 5.77. The van der Waals surface area contributed by atoms with E-state index in [1.54, 1.807) is 18.2 Å². The zero-order chi connectivity index (χ0) is 14.1. The van der Waals surface area contributed by atoms with Crippen LogP contribution < -0.4 is 14.8 Å². The van der Waals surface area contributed by atoms with Gasteiger partial charge in [-0.3, -0.25) is 4.79 Å². The van der Waals surface area contributed by atoms with E-state index in [1.165, 1.54) is 0 Å². The molecule has 0 saturated carbocycles. The fraction of sp³-hybridized carbons (Fsp3) is 0.500. The van der Waals surface area contributed by atoms with E-state index in [1.807, 2.05) is 13.8 Å². The van der Waals surface area contributed by atoms with Gasteiger partial charge in [-0.1, -0.05) is 6.92 Å². The normalized spacial score (nSPS) is 10.1. The maximum Gasteiger partial charge on any atom is 0.257 e. The van der Waals surface area contributed by atoms with E-state index in [-0.39, 0.29) is 19.1 Å². The molecule has 19 heavy (non-hydrogen) atoms. The molecule has 0 aliphatic heterocycles. The second kappa shape index (κ2) is 8.37. The summed E-state index contributed by atoms with van der Waals surface area (Å²) < 4.78 is 10.9. The number of ether oxygens (including phenoxy) is 2. The molecule has 0 fully saturated rings. The molecule has 2 N–H and O–H groups in total. The summed E-state index contributed by atoms with van der Waals surface area (Å²) in [7, 11) is 0. The number of aliphatic hydroxyl groups is 1. The van der Waals surface area contributed by atoms with Gasteiger partial charge in [0.2, 0.25) is 0 Å². The van der Waals surface area contributed by atoms with E-state index in [2.05, 4.69) is 5.32 Å². The summed E-state index contributed by atoms with van der Waals surface area (Å²) >= 11 is 0. The lowest BCUT2D eigenvalue weighted by molar-refractivity contribution is -0.123. The van der Waals surface area contributed by atoms with Crippen molar-refractivity contribution in [3.05, 3.63) is 23.8 Å². The summed E-state index contributed by atoms with van der Waals surface area (Å²) in [5.74, 6) is 0.957. The predicted molar refractivity (Wildman–Crippen MR) is 72.3 cm³/mol. The van der Waals surface area contributed by atoms with Crippen molar-refractivity contribution in [2.75, 3.05) is 19.8 Å². The lowest BCUT2D eigenvalue weighted by Gasteiger charge is -2.12. The minimum atomic E-state index is -0.189. The van der Waals surface area contributed by atoms with Gasteiger partial charge in [0.1, 0.15) is 11.5 Å².